The van der Waals surface area contributed by atoms with E-state index in [-0.39, 0.29) is 0 Å². The molecular formula is C17H17N3O2. The molecule has 0 bridgehead atoms. The van der Waals surface area contributed by atoms with Crippen molar-refractivity contribution in [3.8, 4) is 11.4 Å². The number of nitrogens with zero attached hydrogens (tertiary/aromatic N) is 3. The molecule has 0 N–H and O–H groups in total. The van der Waals surface area contributed by atoms with E-state index in [4.69, 9.17) is 8.94 Å². The van der Waals surface area contributed by atoms with Crippen LogP contribution in [0.3, 0.4) is 0 Å². The van der Waals surface area contributed by atoms with Gasteiger partial charge in [-0.25, -0.2) is 0 Å². The summed E-state index contributed by atoms with van der Waals surface area (Å²) in [4.78, 5) is 6.92. The summed E-state index contributed by atoms with van der Waals surface area (Å²) in [5.41, 5.74) is 0.989. The molecule has 1 aliphatic heterocycles. The third-order valence-corrected chi connectivity index (χ3v) is 4.05. The van der Waals surface area contributed by atoms with Gasteiger partial charge in [0.15, 0.2) is 0 Å². The maximum Gasteiger partial charge on any atom is 0.231 e. The standard InChI is InChI=1S/C17H17N3O2/c1-2-5-13(6-3-1)16-18-17(22-19-16)14-8-9-20(11-14)12-15-7-4-10-21-15/h1-7,10,14H,8-9,11-12H2. The maximum atomic E-state index is 5.48. The summed E-state index contributed by atoms with van der Waals surface area (Å²) in [6.45, 7) is 2.79. The van der Waals surface area contributed by atoms with Crippen molar-refractivity contribution in [2.75, 3.05) is 13.1 Å². The van der Waals surface area contributed by atoms with Crippen molar-refractivity contribution < 1.29 is 8.94 Å². The van der Waals surface area contributed by atoms with E-state index in [9.17, 15) is 0 Å². The normalized spacial score (nSPS) is 18.8. The summed E-state index contributed by atoms with van der Waals surface area (Å²) in [6.07, 6.45) is 2.75. The number of likely N-dealkylation sites (tertiary alicyclic amines) is 1. The Morgan fingerprint density at radius 1 is 1.14 bits per heavy atom. The Bertz CT molecular complexity index is 721. The summed E-state index contributed by atoms with van der Waals surface area (Å²) >= 11 is 0. The lowest BCUT2D eigenvalue weighted by Gasteiger charge is -2.12. The second kappa shape index (κ2) is 5.77. The summed E-state index contributed by atoms with van der Waals surface area (Å²) in [5.74, 6) is 2.71. The molecule has 0 aliphatic carbocycles. The van der Waals surface area contributed by atoms with Gasteiger partial charge in [-0.1, -0.05) is 35.5 Å². The molecule has 0 radical (unpaired) electrons. The number of benzene rings is 1. The summed E-state index contributed by atoms with van der Waals surface area (Å²) in [7, 11) is 0. The molecule has 0 spiro atoms. The Labute approximate surface area is 128 Å². The fourth-order valence-electron chi connectivity index (χ4n) is 2.91. The van der Waals surface area contributed by atoms with Gasteiger partial charge in [-0.3, -0.25) is 4.90 Å². The molecule has 4 rings (SSSR count). The number of aromatic nitrogens is 2. The van der Waals surface area contributed by atoms with Crippen molar-refractivity contribution in [1.82, 2.24) is 15.0 Å². The lowest BCUT2D eigenvalue weighted by Crippen LogP contribution is -2.19. The highest BCUT2D eigenvalue weighted by molar-refractivity contribution is 5.53. The van der Waals surface area contributed by atoms with Crippen LogP contribution in [0.25, 0.3) is 11.4 Å². The molecule has 5 heteroatoms. The van der Waals surface area contributed by atoms with Gasteiger partial charge in [-0.2, -0.15) is 4.98 Å². The van der Waals surface area contributed by atoms with Crippen molar-refractivity contribution in [2.45, 2.75) is 18.9 Å². The van der Waals surface area contributed by atoms with Gasteiger partial charge < -0.3 is 8.94 Å². The highest BCUT2D eigenvalue weighted by Gasteiger charge is 2.28. The van der Waals surface area contributed by atoms with Crippen molar-refractivity contribution in [1.29, 1.82) is 0 Å². The smallest absolute Gasteiger partial charge is 0.231 e. The highest BCUT2D eigenvalue weighted by atomic mass is 16.5. The first-order valence-electron chi connectivity index (χ1n) is 7.52. The van der Waals surface area contributed by atoms with Crippen LogP contribution in [0.5, 0.6) is 0 Å². The van der Waals surface area contributed by atoms with Gasteiger partial charge >= 0.3 is 0 Å². The van der Waals surface area contributed by atoms with E-state index in [0.717, 1.165) is 43.3 Å². The number of rotatable bonds is 4. The average molecular weight is 295 g/mol. The molecule has 2 aromatic heterocycles. The quantitative estimate of drug-likeness (QED) is 0.739. The molecule has 5 nitrogen and oxygen atoms in total. The van der Waals surface area contributed by atoms with E-state index in [1.807, 2.05) is 42.5 Å². The fraction of sp³-hybridized carbons (Fsp3) is 0.294. The van der Waals surface area contributed by atoms with E-state index in [1.54, 1.807) is 6.26 Å². The number of hydrogen-bond donors (Lipinski definition) is 0. The second-order valence-corrected chi connectivity index (χ2v) is 5.62. The van der Waals surface area contributed by atoms with Crippen LogP contribution in [-0.2, 0) is 6.54 Å². The van der Waals surface area contributed by atoms with Gasteiger partial charge in [-0.15, -0.1) is 0 Å². The van der Waals surface area contributed by atoms with Crippen molar-refractivity contribution in [2.24, 2.45) is 0 Å². The van der Waals surface area contributed by atoms with Crippen molar-refractivity contribution >= 4 is 0 Å². The predicted octanol–water partition coefficient (Wildman–Crippen LogP) is 3.32. The molecule has 1 fully saturated rings. The molecule has 0 saturated carbocycles. The Morgan fingerprint density at radius 2 is 2.05 bits per heavy atom. The minimum absolute atomic E-state index is 0.305. The monoisotopic (exact) mass is 295 g/mol. The van der Waals surface area contributed by atoms with E-state index >= 15 is 0 Å². The third-order valence-electron chi connectivity index (χ3n) is 4.05. The molecule has 3 heterocycles. The Hall–Kier alpha value is -2.40. The molecule has 112 valence electrons. The first kappa shape index (κ1) is 13.3. The Balaban J connectivity index is 1.44. The van der Waals surface area contributed by atoms with Crippen molar-refractivity contribution in [3.05, 3.63) is 60.4 Å². The van der Waals surface area contributed by atoms with Crippen LogP contribution < -0.4 is 0 Å². The summed E-state index contributed by atoms with van der Waals surface area (Å²) in [5, 5.41) is 4.11. The molecule has 1 aliphatic rings. The molecule has 22 heavy (non-hydrogen) atoms. The average Bonchev–Trinajstić information content (AvgIpc) is 3.30. The molecule has 1 saturated heterocycles. The topological polar surface area (TPSA) is 55.3 Å². The minimum Gasteiger partial charge on any atom is -0.468 e. The SMILES string of the molecule is c1ccc(-c2noc(C3CCN(Cc4ccco4)C3)n2)cc1. The van der Waals surface area contributed by atoms with Crippen LogP contribution >= 0.6 is 0 Å². The zero-order valence-corrected chi connectivity index (χ0v) is 12.2. The van der Waals surface area contributed by atoms with Gasteiger partial charge in [0.2, 0.25) is 11.7 Å². The van der Waals surface area contributed by atoms with Crippen LogP contribution in [0.2, 0.25) is 0 Å². The van der Waals surface area contributed by atoms with Crippen molar-refractivity contribution in [3.63, 3.8) is 0 Å². The number of furan rings is 1. The number of hydrogen-bond acceptors (Lipinski definition) is 5. The van der Waals surface area contributed by atoms with E-state index in [1.165, 1.54) is 0 Å². The van der Waals surface area contributed by atoms with Crippen LogP contribution in [-0.4, -0.2) is 28.1 Å². The van der Waals surface area contributed by atoms with Crippen LogP contribution in [0.4, 0.5) is 0 Å². The predicted molar refractivity (Wildman–Crippen MR) is 81.1 cm³/mol. The zero-order chi connectivity index (χ0) is 14.8. The minimum atomic E-state index is 0.305. The van der Waals surface area contributed by atoms with Crippen LogP contribution in [0, 0.1) is 0 Å². The Morgan fingerprint density at radius 3 is 2.86 bits per heavy atom. The Kier molecular flexibility index (Phi) is 3.48. The highest BCUT2D eigenvalue weighted by Crippen LogP contribution is 2.28. The van der Waals surface area contributed by atoms with Gasteiger partial charge in [-0.05, 0) is 25.1 Å². The maximum absolute atomic E-state index is 5.48. The van der Waals surface area contributed by atoms with E-state index in [0.29, 0.717) is 11.7 Å². The molecule has 3 aromatic rings. The lowest BCUT2D eigenvalue weighted by atomic mass is 10.1. The summed E-state index contributed by atoms with van der Waals surface area (Å²) in [6, 6.07) is 13.9. The van der Waals surface area contributed by atoms with E-state index < -0.39 is 0 Å². The van der Waals surface area contributed by atoms with E-state index in [2.05, 4.69) is 15.0 Å². The lowest BCUT2D eigenvalue weighted by molar-refractivity contribution is 0.284. The zero-order valence-electron chi connectivity index (χ0n) is 12.2. The van der Waals surface area contributed by atoms with Gasteiger partial charge in [0.1, 0.15) is 5.76 Å². The van der Waals surface area contributed by atoms with Gasteiger partial charge in [0.05, 0.1) is 18.7 Å². The molecule has 1 atom stereocenters. The largest absolute Gasteiger partial charge is 0.468 e. The third kappa shape index (κ3) is 2.67. The van der Waals surface area contributed by atoms with Crippen LogP contribution in [0.15, 0.2) is 57.7 Å². The second-order valence-electron chi connectivity index (χ2n) is 5.62. The molecule has 1 unspecified atom stereocenters. The van der Waals surface area contributed by atoms with Gasteiger partial charge in [0.25, 0.3) is 0 Å². The summed E-state index contributed by atoms with van der Waals surface area (Å²) < 4.78 is 10.9. The molecule has 0 amide bonds. The fourth-order valence-corrected chi connectivity index (χ4v) is 2.91. The first-order chi connectivity index (χ1) is 10.9. The molecular weight excluding hydrogens is 278 g/mol. The first-order valence-corrected chi connectivity index (χ1v) is 7.52. The van der Waals surface area contributed by atoms with Gasteiger partial charge in [0, 0.05) is 12.1 Å². The molecule has 1 aromatic carbocycles. The van der Waals surface area contributed by atoms with Crippen LogP contribution in [0.1, 0.15) is 24.0 Å².